The summed E-state index contributed by atoms with van der Waals surface area (Å²) >= 11 is 0. The van der Waals surface area contributed by atoms with Crippen molar-refractivity contribution in [1.29, 1.82) is 0 Å². The number of amides is 1. The van der Waals surface area contributed by atoms with Crippen LogP contribution in [-0.2, 0) is 20.4 Å². The molecule has 2 rings (SSSR count). The number of nitrogens with zero attached hydrogens (tertiary/aromatic N) is 1. The summed E-state index contributed by atoms with van der Waals surface area (Å²) in [5.41, 5.74) is 0. The molecule has 1 aliphatic rings. The molecule has 0 bridgehead atoms. The second-order valence-electron chi connectivity index (χ2n) is 4.22. The van der Waals surface area contributed by atoms with Gasteiger partial charge in [-0.3, -0.25) is 13.8 Å². The number of likely N-dealkylation sites (tertiary alicyclic amines) is 1. The number of Topliss-reactive ketones (excluding diaryl/α,β-unsaturated/α-hetero) is 1. The Morgan fingerprint density at radius 2 is 1.78 bits per heavy atom. The molecule has 1 atom stereocenters. The lowest BCUT2D eigenvalue weighted by Gasteiger charge is -2.25. The van der Waals surface area contributed by atoms with Crippen molar-refractivity contribution >= 4 is 22.5 Å². The average molecular weight is 265 g/mol. The molecule has 1 unspecified atom stereocenters. The van der Waals surface area contributed by atoms with Gasteiger partial charge in [0.2, 0.25) is 5.91 Å². The van der Waals surface area contributed by atoms with Gasteiger partial charge < -0.3 is 4.90 Å². The van der Waals surface area contributed by atoms with Gasteiger partial charge in [-0.15, -0.1) is 0 Å². The fourth-order valence-electron chi connectivity index (χ4n) is 1.86. The highest BCUT2D eigenvalue weighted by Crippen LogP contribution is 2.10. The Hall–Kier alpha value is -1.49. The zero-order valence-corrected chi connectivity index (χ0v) is 10.8. The molecule has 1 saturated heterocycles. The van der Waals surface area contributed by atoms with Crippen molar-refractivity contribution in [2.24, 2.45) is 0 Å². The number of rotatable bonds is 3. The molecule has 1 heterocycles. The summed E-state index contributed by atoms with van der Waals surface area (Å²) in [6, 6.07) is 8.96. The second kappa shape index (κ2) is 5.91. The molecule has 1 aromatic carbocycles. The molecule has 0 saturated carbocycles. The van der Waals surface area contributed by atoms with Crippen molar-refractivity contribution in [2.45, 2.75) is 17.7 Å². The molecular weight excluding hydrogens is 250 g/mol. The van der Waals surface area contributed by atoms with E-state index >= 15 is 0 Å². The van der Waals surface area contributed by atoms with E-state index in [9.17, 15) is 13.8 Å². The molecule has 0 aromatic heterocycles. The van der Waals surface area contributed by atoms with Gasteiger partial charge in [0.05, 0.1) is 10.8 Å². The molecular formula is C13H15NO3S. The number of hydrogen-bond donors (Lipinski definition) is 0. The second-order valence-corrected chi connectivity index (χ2v) is 5.67. The van der Waals surface area contributed by atoms with E-state index in [1.54, 1.807) is 29.2 Å². The molecule has 1 aliphatic heterocycles. The summed E-state index contributed by atoms with van der Waals surface area (Å²) in [7, 11) is -1.30. The Bertz CT molecular complexity index is 462. The molecule has 5 heteroatoms. The third kappa shape index (κ3) is 3.26. The standard InChI is InChI=1S/C13H15NO3S/c15-11-6-8-14(9-7-11)13(16)10-18(17)12-4-2-1-3-5-12/h1-5H,6-10H2. The molecule has 0 spiro atoms. The van der Waals surface area contributed by atoms with Gasteiger partial charge in [0.1, 0.15) is 11.5 Å². The van der Waals surface area contributed by atoms with Crippen molar-refractivity contribution in [3.63, 3.8) is 0 Å². The minimum Gasteiger partial charge on any atom is -0.341 e. The lowest BCUT2D eigenvalue weighted by Crippen LogP contribution is -2.40. The number of hydrogen-bond acceptors (Lipinski definition) is 3. The third-order valence-electron chi connectivity index (χ3n) is 2.93. The monoisotopic (exact) mass is 265 g/mol. The summed E-state index contributed by atoms with van der Waals surface area (Å²) in [4.78, 5) is 25.3. The van der Waals surface area contributed by atoms with Crippen LogP contribution in [0.4, 0.5) is 0 Å². The summed E-state index contributed by atoms with van der Waals surface area (Å²) in [5, 5.41) is 0. The van der Waals surface area contributed by atoms with E-state index in [-0.39, 0.29) is 17.4 Å². The van der Waals surface area contributed by atoms with E-state index in [1.807, 2.05) is 6.07 Å². The van der Waals surface area contributed by atoms with Crippen LogP contribution in [0.15, 0.2) is 35.2 Å². The van der Waals surface area contributed by atoms with E-state index in [0.717, 1.165) is 0 Å². The molecule has 0 radical (unpaired) electrons. The van der Waals surface area contributed by atoms with Gasteiger partial charge in [0, 0.05) is 30.8 Å². The smallest absolute Gasteiger partial charge is 0.235 e. The van der Waals surface area contributed by atoms with Gasteiger partial charge >= 0.3 is 0 Å². The van der Waals surface area contributed by atoms with Crippen molar-refractivity contribution in [1.82, 2.24) is 4.90 Å². The van der Waals surface area contributed by atoms with Crippen LogP contribution in [0.3, 0.4) is 0 Å². The predicted molar refractivity (Wildman–Crippen MR) is 68.5 cm³/mol. The molecule has 1 amide bonds. The van der Waals surface area contributed by atoms with Crippen LogP contribution >= 0.6 is 0 Å². The largest absolute Gasteiger partial charge is 0.341 e. The SMILES string of the molecule is O=C1CCN(C(=O)CS(=O)c2ccccc2)CC1. The van der Waals surface area contributed by atoms with Crippen LogP contribution in [0.5, 0.6) is 0 Å². The maximum atomic E-state index is 12.0. The topological polar surface area (TPSA) is 54.5 Å². The van der Waals surface area contributed by atoms with Gasteiger partial charge in [0.25, 0.3) is 0 Å². The molecule has 1 aromatic rings. The van der Waals surface area contributed by atoms with E-state index < -0.39 is 10.8 Å². The highest BCUT2D eigenvalue weighted by atomic mass is 32.2. The van der Waals surface area contributed by atoms with Crippen molar-refractivity contribution in [2.75, 3.05) is 18.8 Å². The quantitative estimate of drug-likeness (QED) is 0.819. The van der Waals surface area contributed by atoms with E-state index in [2.05, 4.69) is 0 Å². The van der Waals surface area contributed by atoms with Crippen LogP contribution < -0.4 is 0 Å². The number of ketones is 1. The Labute approximate surface area is 108 Å². The summed E-state index contributed by atoms with van der Waals surface area (Å²) in [5.74, 6) is 0.0611. The first-order valence-electron chi connectivity index (χ1n) is 5.90. The van der Waals surface area contributed by atoms with Crippen LogP contribution in [-0.4, -0.2) is 39.6 Å². The summed E-state index contributed by atoms with van der Waals surface area (Å²) in [6.07, 6.45) is 0.841. The van der Waals surface area contributed by atoms with Crippen LogP contribution in [0.1, 0.15) is 12.8 Å². The molecule has 96 valence electrons. The lowest BCUT2D eigenvalue weighted by atomic mass is 10.1. The first kappa shape index (κ1) is 13.0. The van der Waals surface area contributed by atoms with Crippen molar-refractivity contribution < 1.29 is 13.8 Å². The van der Waals surface area contributed by atoms with Gasteiger partial charge in [0.15, 0.2) is 0 Å². The van der Waals surface area contributed by atoms with Crippen LogP contribution in [0, 0.1) is 0 Å². The van der Waals surface area contributed by atoms with Gasteiger partial charge in [-0.2, -0.15) is 0 Å². The Morgan fingerprint density at radius 1 is 1.17 bits per heavy atom. The molecule has 0 N–H and O–H groups in total. The zero-order valence-electron chi connectivity index (χ0n) is 10.0. The van der Waals surface area contributed by atoms with Crippen molar-refractivity contribution in [3.05, 3.63) is 30.3 Å². The van der Waals surface area contributed by atoms with E-state index in [0.29, 0.717) is 30.8 Å². The average Bonchev–Trinajstić information content (AvgIpc) is 2.40. The van der Waals surface area contributed by atoms with E-state index in [1.165, 1.54) is 0 Å². The minimum absolute atomic E-state index is 0.00178. The van der Waals surface area contributed by atoms with Gasteiger partial charge in [-0.25, -0.2) is 0 Å². The Morgan fingerprint density at radius 3 is 2.39 bits per heavy atom. The Kier molecular flexibility index (Phi) is 4.25. The Balaban J connectivity index is 1.92. The highest BCUT2D eigenvalue weighted by molar-refractivity contribution is 7.85. The number of carbonyl (C=O) groups excluding carboxylic acids is 2. The number of piperidine rings is 1. The zero-order chi connectivity index (χ0) is 13.0. The minimum atomic E-state index is -1.30. The maximum absolute atomic E-state index is 12.0. The van der Waals surface area contributed by atoms with Crippen LogP contribution in [0.25, 0.3) is 0 Å². The normalized spacial score (nSPS) is 17.6. The fraction of sp³-hybridized carbons (Fsp3) is 0.385. The third-order valence-corrected chi connectivity index (χ3v) is 4.24. The van der Waals surface area contributed by atoms with Gasteiger partial charge in [-0.1, -0.05) is 18.2 Å². The first-order chi connectivity index (χ1) is 8.66. The van der Waals surface area contributed by atoms with Gasteiger partial charge in [-0.05, 0) is 12.1 Å². The lowest BCUT2D eigenvalue weighted by molar-refractivity contribution is -0.132. The summed E-state index contributed by atoms with van der Waals surface area (Å²) < 4.78 is 12.0. The van der Waals surface area contributed by atoms with Crippen LogP contribution in [0.2, 0.25) is 0 Å². The van der Waals surface area contributed by atoms with Crippen molar-refractivity contribution in [3.8, 4) is 0 Å². The predicted octanol–water partition coefficient (Wildman–Crippen LogP) is 0.986. The number of carbonyl (C=O) groups is 2. The van der Waals surface area contributed by atoms with E-state index in [4.69, 9.17) is 0 Å². The fourth-order valence-corrected chi connectivity index (χ4v) is 2.90. The number of benzene rings is 1. The molecule has 18 heavy (non-hydrogen) atoms. The highest BCUT2D eigenvalue weighted by Gasteiger charge is 2.22. The molecule has 1 fully saturated rings. The molecule has 0 aliphatic carbocycles. The first-order valence-corrected chi connectivity index (χ1v) is 7.21. The maximum Gasteiger partial charge on any atom is 0.235 e. The molecule has 4 nitrogen and oxygen atoms in total. The summed E-state index contributed by atoms with van der Waals surface area (Å²) in [6.45, 7) is 0.924.